The van der Waals surface area contributed by atoms with Gasteiger partial charge < -0.3 is 15.0 Å². The van der Waals surface area contributed by atoms with E-state index in [1.165, 1.54) is 20.8 Å². The zero-order valence-corrected chi connectivity index (χ0v) is 23.2. The summed E-state index contributed by atoms with van der Waals surface area (Å²) < 4.78 is 34.7. The van der Waals surface area contributed by atoms with Crippen LogP contribution < -0.4 is 14.4 Å². The van der Waals surface area contributed by atoms with E-state index in [1.54, 1.807) is 12.1 Å². The van der Waals surface area contributed by atoms with Gasteiger partial charge in [-0.05, 0) is 84.6 Å². The first-order valence-electron chi connectivity index (χ1n) is 13.1. The van der Waals surface area contributed by atoms with Gasteiger partial charge in [0.05, 0.1) is 17.1 Å². The molecule has 1 aromatic heterocycles. The molecule has 1 aliphatic rings. The molecule has 0 aliphatic carbocycles. The summed E-state index contributed by atoms with van der Waals surface area (Å²) in [4.78, 5) is 3.63. The molecule has 0 amide bonds. The van der Waals surface area contributed by atoms with Crippen LogP contribution in [-0.2, 0) is 22.9 Å². The second kappa shape index (κ2) is 11.7. The van der Waals surface area contributed by atoms with E-state index in [-0.39, 0.29) is 12.4 Å². The Morgan fingerprint density at radius 3 is 2.59 bits per heavy atom. The molecule has 0 radical (unpaired) electrons. The fraction of sp³-hybridized carbons (Fsp3) is 0.226. The van der Waals surface area contributed by atoms with Crippen LogP contribution >= 0.6 is 12.4 Å². The predicted molar refractivity (Wildman–Crippen MR) is 161 cm³/mol. The maximum atomic E-state index is 13.7. The summed E-state index contributed by atoms with van der Waals surface area (Å²) in [6.45, 7) is 2.44. The lowest BCUT2D eigenvalue weighted by atomic mass is 10.1. The number of H-pyrrole nitrogens is 1. The molecule has 0 unspecified atom stereocenters. The summed E-state index contributed by atoms with van der Waals surface area (Å²) >= 11 is 0. The second-order valence-corrected chi connectivity index (χ2v) is 11.6. The smallest absolute Gasteiger partial charge is 0.264 e. The Balaban J connectivity index is 0.00000308. The molecule has 0 spiro atoms. The number of nitrogens with zero attached hydrogens (tertiary/aromatic N) is 1. The van der Waals surface area contributed by atoms with Gasteiger partial charge in [0.25, 0.3) is 10.0 Å². The molecule has 0 fully saturated rings. The average molecular weight is 562 g/mol. The van der Waals surface area contributed by atoms with Gasteiger partial charge in [0.1, 0.15) is 12.4 Å². The molecule has 0 atom stereocenters. The van der Waals surface area contributed by atoms with E-state index in [0.717, 1.165) is 48.7 Å². The van der Waals surface area contributed by atoms with Crippen molar-refractivity contribution >= 4 is 49.8 Å². The minimum absolute atomic E-state index is 0. The number of aromatic amines is 1. The lowest BCUT2D eigenvalue weighted by Gasteiger charge is -2.31. The lowest BCUT2D eigenvalue weighted by molar-refractivity contribution is 0.315. The van der Waals surface area contributed by atoms with Gasteiger partial charge in [-0.25, -0.2) is 8.42 Å². The van der Waals surface area contributed by atoms with Crippen LogP contribution in [0, 0.1) is 0 Å². The highest BCUT2D eigenvalue weighted by Crippen LogP contribution is 2.36. The number of benzene rings is 4. The highest BCUT2D eigenvalue weighted by atomic mass is 35.5. The van der Waals surface area contributed by atoms with Gasteiger partial charge in [0.2, 0.25) is 0 Å². The minimum atomic E-state index is -3.72. The summed E-state index contributed by atoms with van der Waals surface area (Å²) in [5.41, 5.74) is 4.23. The third-order valence-electron chi connectivity index (χ3n) is 7.22. The quantitative estimate of drug-likeness (QED) is 0.213. The van der Waals surface area contributed by atoms with Crippen molar-refractivity contribution in [1.82, 2.24) is 10.3 Å². The standard InChI is InChI=1S/C31H31N3O3S.ClH/c35-38(36,27-13-12-24-7-1-2-8-25(24)21-27)34-18-19-37-31-14-11-23(20-30(31)34)6-5-16-32-17-15-26-22-33-29-10-4-3-9-28(26)29;/h1-4,7-14,20-22,32-33H,5-6,15-19H2;1H. The first kappa shape index (κ1) is 27.1. The Morgan fingerprint density at radius 2 is 1.69 bits per heavy atom. The van der Waals surface area contributed by atoms with Crippen LogP contribution in [-0.4, -0.2) is 39.6 Å². The van der Waals surface area contributed by atoms with Crippen molar-refractivity contribution in [3.8, 4) is 5.75 Å². The molecule has 5 aromatic rings. The molecule has 0 bridgehead atoms. The Hall–Kier alpha value is -3.52. The SMILES string of the molecule is Cl.O=S(=O)(c1ccc2ccccc2c1)N1CCOc2ccc(CCCNCCc3c[nH]c4ccccc34)cc21. The van der Waals surface area contributed by atoms with Crippen LogP contribution in [0.4, 0.5) is 5.69 Å². The van der Waals surface area contributed by atoms with Crippen LogP contribution in [0.15, 0.2) is 96.0 Å². The molecule has 0 saturated heterocycles. The third kappa shape index (κ3) is 5.62. The van der Waals surface area contributed by atoms with Crippen molar-refractivity contribution in [1.29, 1.82) is 0 Å². The minimum Gasteiger partial charge on any atom is -0.489 e. The topological polar surface area (TPSA) is 74.4 Å². The Bertz CT molecular complexity index is 1700. The van der Waals surface area contributed by atoms with Crippen molar-refractivity contribution in [2.24, 2.45) is 0 Å². The van der Waals surface area contributed by atoms with Gasteiger partial charge in [-0.1, -0.05) is 54.6 Å². The van der Waals surface area contributed by atoms with E-state index in [2.05, 4.69) is 34.7 Å². The van der Waals surface area contributed by atoms with Gasteiger partial charge >= 0.3 is 0 Å². The normalized spacial score (nSPS) is 13.2. The molecule has 8 heteroatoms. The lowest BCUT2D eigenvalue weighted by Crippen LogP contribution is -2.38. The predicted octanol–water partition coefficient (Wildman–Crippen LogP) is 6.10. The largest absolute Gasteiger partial charge is 0.489 e. The summed E-state index contributed by atoms with van der Waals surface area (Å²) in [5.74, 6) is 0.612. The number of para-hydroxylation sites is 1. The van der Waals surface area contributed by atoms with Gasteiger partial charge in [-0.2, -0.15) is 0 Å². The van der Waals surface area contributed by atoms with Crippen LogP contribution in [0.25, 0.3) is 21.7 Å². The average Bonchev–Trinajstić information content (AvgIpc) is 3.37. The summed E-state index contributed by atoms with van der Waals surface area (Å²) in [5, 5.41) is 6.76. The van der Waals surface area contributed by atoms with Crippen molar-refractivity contribution in [2.75, 3.05) is 30.5 Å². The van der Waals surface area contributed by atoms with Crippen molar-refractivity contribution < 1.29 is 13.2 Å². The first-order chi connectivity index (χ1) is 18.6. The third-order valence-corrected chi connectivity index (χ3v) is 9.03. The highest BCUT2D eigenvalue weighted by molar-refractivity contribution is 7.92. The van der Waals surface area contributed by atoms with E-state index in [4.69, 9.17) is 4.74 Å². The van der Waals surface area contributed by atoms with E-state index in [9.17, 15) is 8.42 Å². The maximum Gasteiger partial charge on any atom is 0.264 e. The molecular weight excluding hydrogens is 530 g/mol. The first-order valence-corrected chi connectivity index (χ1v) is 14.6. The fourth-order valence-electron chi connectivity index (χ4n) is 5.20. The van der Waals surface area contributed by atoms with Crippen molar-refractivity contribution in [3.05, 3.63) is 102 Å². The van der Waals surface area contributed by atoms with Gasteiger partial charge in [0, 0.05) is 17.1 Å². The maximum absolute atomic E-state index is 13.7. The van der Waals surface area contributed by atoms with Gasteiger partial charge in [-0.3, -0.25) is 4.31 Å². The fourth-order valence-corrected chi connectivity index (χ4v) is 6.69. The van der Waals surface area contributed by atoms with Crippen molar-refractivity contribution in [2.45, 2.75) is 24.2 Å². The molecule has 2 N–H and O–H groups in total. The van der Waals surface area contributed by atoms with E-state index < -0.39 is 10.0 Å². The summed E-state index contributed by atoms with van der Waals surface area (Å²) in [6, 6.07) is 27.4. The van der Waals surface area contributed by atoms with Crippen LogP contribution in [0.3, 0.4) is 0 Å². The molecular formula is C31H32ClN3O3S. The van der Waals surface area contributed by atoms with Crippen LogP contribution in [0.5, 0.6) is 5.75 Å². The molecule has 39 heavy (non-hydrogen) atoms. The molecule has 4 aromatic carbocycles. The molecule has 2 heterocycles. The Kier molecular flexibility index (Phi) is 8.12. The number of ether oxygens (including phenoxy) is 1. The van der Waals surface area contributed by atoms with E-state index in [0.29, 0.717) is 29.5 Å². The number of anilines is 1. The van der Waals surface area contributed by atoms with Crippen LogP contribution in [0.1, 0.15) is 17.5 Å². The van der Waals surface area contributed by atoms with Crippen molar-refractivity contribution in [3.63, 3.8) is 0 Å². The Labute approximate surface area is 235 Å². The van der Waals surface area contributed by atoms with E-state index in [1.807, 2.05) is 54.6 Å². The Morgan fingerprint density at radius 1 is 0.872 bits per heavy atom. The monoisotopic (exact) mass is 561 g/mol. The zero-order valence-electron chi connectivity index (χ0n) is 21.6. The van der Waals surface area contributed by atoms with E-state index >= 15 is 0 Å². The number of hydrogen-bond donors (Lipinski definition) is 2. The number of sulfonamides is 1. The number of aromatic nitrogens is 1. The highest BCUT2D eigenvalue weighted by Gasteiger charge is 2.30. The number of halogens is 1. The van der Waals surface area contributed by atoms with Crippen LogP contribution in [0.2, 0.25) is 0 Å². The second-order valence-electron chi connectivity index (χ2n) is 9.70. The number of rotatable bonds is 9. The number of fused-ring (bicyclic) bond motifs is 3. The molecule has 0 saturated carbocycles. The zero-order chi connectivity index (χ0) is 26.0. The number of hydrogen-bond acceptors (Lipinski definition) is 4. The summed E-state index contributed by atoms with van der Waals surface area (Å²) in [6.07, 6.45) is 4.89. The molecule has 6 rings (SSSR count). The number of nitrogens with one attached hydrogen (secondary N) is 2. The van der Waals surface area contributed by atoms with Gasteiger partial charge in [-0.15, -0.1) is 12.4 Å². The van der Waals surface area contributed by atoms with Gasteiger partial charge in [0.15, 0.2) is 0 Å². The molecule has 6 nitrogen and oxygen atoms in total. The molecule has 1 aliphatic heterocycles. The summed E-state index contributed by atoms with van der Waals surface area (Å²) in [7, 11) is -3.72. The number of aryl methyl sites for hydroxylation is 1. The molecule has 202 valence electrons.